The summed E-state index contributed by atoms with van der Waals surface area (Å²) in [6.45, 7) is 4.91. The van der Waals surface area contributed by atoms with Gasteiger partial charge in [-0.3, -0.25) is 0 Å². The van der Waals surface area contributed by atoms with Gasteiger partial charge in [0.25, 0.3) is 0 Å². The van der Waals surface area contributed by atoms with Crippen LogP contribution in [0.15, 0.2) is 35.8 Å². The first-order valence-corrected chi connectivity index (χ1v) is 9.10. The molecule has 0 spiro atoms. The van der Waals surface area contributed by atoms with Crippen LogP contribution < -0.4 is 5.32 Å². The van der Waals surface area contributed by atoms with E-state index in [-0.39, 0.29) is 11.5 Å². The highest BCUT2D eigenvalue weighted by atomic mass is 32.1. The molecule has 1 saturated carbocycles. The Labute approximate surface area is 137 Å². The molecule has 0 radical (unpaired) electrons. The van der Waals surface area contributed by atoms with Crippen molar-refractivity contribution in [3.8, 4) is 0 Å². The van der Waals surface area contributed by atoms with Gasteiger partial charge in [-0.15, -0.1) is 11.3 Å². The van der Waals surface area contributed by atoms with Crippen LogP contribution in [0.5, 0.6) is 0 Å². The van der Waals surface area contributed by atoms with E-state index in [2.05, 4.69) is 52.7 Å². The minimum Gasteiger partial charge on any atom is -0.393 e. The van der Waals surface area contributed by atoms with Gasteiger partial charge in [0, 0.05) is 35.3 Å². The average molecular weight is 318 g/mol. The Morgan fingerprint density at radius 3 is 3.05 bits per heavy atom. The van der Waals surface area contributed by atoms with Crippen LogP contribution in [0.2, 0.25) is 0 Å². The van der Waals surface area contributed by atoms with Crippen LogP contribution in [-0.2, 0) is 13.1 Å². The minimum absolute atomic E-state index is 0.0312. The highest BCUT2D eigenvalue weighted by Gasteiger charge is 2.34. The fourth-order valence-corrected chi connectivity index (χ4v) is 4.10. The highest BCUT2D eigenvalue weighted by Crippen LogP contribution is 2.35. The summed E-state index contributed by atoms with van der Waals surface area (Å²) in [5.41, 5.74) is 1.34. The smallest absolute Gasteiger partial charge is 0.0605 e. The molecule has 0 aromatic carbocycles. The van der Waals surface area contributed by atoms with Crippen LogP contribution in [-0.4, -0.2) is 22.3 Å². The maximum absolute atomic E-state index is 10.3. The van der Waals surface area contributed by atoms with Gasteiger partial charge in [-0.05, 0) is 36.4 Å². The molecule has 2 heterocycles. The number of aliphatic hydroxyl groups is 1. The Hall–Kier alpha value is -1.10. The Bertz CT molecular complexity index is 578. The molecule has 4 heteroatoms. The molecule has 2 unspecified atom stereocenters. The topological polar surface area (TPSA) is 37.2 Å². The van der Waals surface area contributed by atoms with Crippen molar-refractivity contribution in [3.63, 3.8) is 0 Å². The molecule has 120 valence electrons. The van der Waals surface area contributed by atoms with E-state index in [0.29, 0.717) is 0 Å². The third-order valence-electron chi connectivity index (χ3n) is 4.94. The number of nitrogens with zero attached hydrogens (tertiary/aromatic N) is 1. The maximum Gasteiger partial charge on any atom is 0.0605 e. The lowest BCUT2D eigenvalue weighted by Crippen LogP contribution is -2.43. The van der Waals surface area contributed by atoms with Gasteiger partial charge in [-0.25, -0.2) is 0 Å². The fraction of sp³-hybridized carbons (Fsp3) is 0.556. The quantitative estimate of drug-likeness (QED) is 0.853. The zero-order chi connectivity index (χ0) is 15.4. The second-order valence-electron chi connectivity index (χ2n) is 6.73. The summed E-state index contributed by atoms with van der Waals surface area (Å²) in [4.78, 5) is 1.38. The van der Waals surface area contributed by atoms with Crippen molar-refractivity contribution in [1.29, 1.82) is 0 Å². The lowest BCUT2D eigenvalue weighted by molar-refractivity contribution is 0.00108. The van der Waals surface area contributed by atoms with Gasteiger partial charge in [0.1, 0.15) is 0 Å². The monoisotopic (exact) mass is 318 g/mol. The molecule has 0 saturated heterocycles. The highest BCUT2D eigenvalue weighted by molar-refractivity contribution is 7.09. The fourth-order valence-electron chi connectivity index (χ4n) is 3.40. The summed E-state index contributed by atoms with van der Waals surface area (Å²) in [6.07, 6.45) is 6.47. The molecular formula is C18H26N2OS. The van der Waals surface area contributed by atoms with Gasteiger partial charge in [-0.1, -0.05) is 25.8 Å². The van der Waals surface area contributed by atoms with E-state index in [0.717, 1.165) is 32.5 Å². The number of rotatable bonds is 6. The van der Waals surface area contributed by atoms with E-state index in [9.17, 15) is 5.11 Å². The predicted molar refractivity (Wildman–Crippen MR) is 92.1 cm³/mol. The predicted octanol–water partition coefficient (Wildman–Crippen LogP) is 3.63. The summed E-state index contributed by atoms with van der Waals surface area (Å²) in [5, 5.41) is 16.0. The van der Waals surface area contributed by atoms with Gasteiger partial charge >= 0.3 is 0 Å². The van der Waals surface area contributed by atoms with Crippen molar-refractivity contribution in [2.75, 3.05) is 6.54 Å². The van der Waals surface area contributed by atoms with E-state index in [1.165, 1.54) is 23.4 Å². The summed E-state index contributed by atoms with van der Waals surface area (Å²) in [5.74, 6) is 0. The van der Waals surface area contributed by atoms with Crippen molar-refractivity contribution in [3.05, 3.63) is 46.4 Å². The molecule has 2 aromatic heterocycles. The summed E-state index contributed by atoms with van der Waals surface area (Å²) in [7, 11) is 0. The normalized spacial score (nSPS) is 25.5. The number of aromatic nitrogens is 1. The summed E-state index contributed by atoms with van der Waals surface area (Å²) in [6, 6.07) is 8.58. The first kappa shape index (κ1) is 15.8. The standard InChI is InChI=1S/C18H26N2OS/c1-18(9-3-2-8-17(18)21)14-19-12-15-6-4-10-20(15)13-16-7-5-11-22-16/h4-7,10-11,17,19,21H,2-3,8-9,12-14H2,1H3. The number of thiophene rings is 1. The molecule has 1 fully saturated rings. The summed E-state index contributed by atoms with van der Waals surface area (Å²) < 4.78 is 2.30. The van der Waals surface area contributed by atoms with Crippen molar-refractivity contribution < 1.29 is 5.11 Å². The molecule has 1 aliphatic rings. The van der Waals surface area contributed by atoms with Gasteiger partial charge in [-0.2, -0.15) is 0 Å². The third kappa shape index (κ3) is 3.62. The van der Waals surface area contributed by atoms with Gasteiger partial charge in [0.2, 0.25) is 0 Å². The number of hydrogen-bond acceptors (Lipinski definition) is 3. The van der Waals surface area contributed by atoms with Crippen LogP contribution >= 0.6 is 11.3 Å². The van der Waals surface area contributed by atoms with E-state index in [4.69, 9.17) is 0 Å². The number of hydrogen-bond donors (Lipinski definition) is 2. The van der Waals surface area contributed by atoms with Crippen molar-refractivity contribution in [1.82, 2.24) is 9.88 Å². The zero-order valence-electron chi connectivity index (χ0n) is 13.3. The van der Waals surface area contributed by atoms with Gasteiger partial charge in [0.05, 0.1) is 12.6 Å². The Morgan fingerprint density at radius 2 is 2.27 bits per heavy atom. The van der Waals surface area contributed by atoms with Crippen LogP contribution in [0.1, 0.15) is 43.2 Å². The molecule has 1 aliphatic carbocycles. The molecule has 2 aromatic rings. The van der Waals surface area contributed by atoms with Crippen molar-refractivity contribution >= 4 is 11.3 Å². The van der Waals surface area contributed by atoms with E-state index in [1.807, 2.05) is 0 Å². The molecule has 3 rings (SSSR count). The molecule has 22 heavy (non-hydrogen) atoms. The van der Waals surface area contributed by atoms with Gasteiger partial charge in [0.15, 0.2) is 0 Å². The van der Waals surface area contributed by atoms with Crippen LogP contribution in [0.3, 0.4) is 0 Å². The maximum atomic E-state index is 10.3. The second kappa shape index (κ2) is 6.99. The molecule has 0 aliphatic heterocycles. The Kier molecular flexibility index (Phi) is 5.01. The van der Waals surface area contributed by atoms with Crippen LogP contribution in [0.4, 0.5) is 0 Å². The number of nitrogens with one attached hydrogen (secondary N) is 1. The van der Waals surface area contributed by atoms with Crippen LogP contribution in [0, 0.1) is 5.41 Å². The Balaban J connectivity index is 1.55. The zero-order valence-corrected chi connectivity index (χ0v) is 14.1. The molecule has 3 nitrogen and oxygen atoms in total. The SMILES string of the molecule is CC1(CNCc2cccn2Cc2cccs2)CCCCC1O. The first-order valence-electron chi connectivity index (χ1n) is 8.22. The van der Waals surface area contributed by atoms with Gasteiger partial charge < -0.3 is 15.0 Å². The van der Waals surface area contributed by atoms with Crippen molar-refractivity contribution in [2.24, 2.45) is 5.41 Å². The Morgan fingerprint density at radius 1 is 1.36 bits per heavy atom. The molecule has 2 N–H and O–H groups in total. The number of aliphatic hydroxyl groups excluding tert-OH is 1. The second-order valence-corrected chi connectivity index (χ2v) is 7.76. The lowest BCUT2D eigenvalue weighted by atomic mass is 9.73. The lowest BCUT2D eigenvalue weighted by Gasteiger charge is -2.38. The first-order chi connectivity index (χ1) is 10.7. The van der Waals surface area contributed by atoms with E-state index >= 15 is 0 Å². The third-order valence-corrected chi connectivity index (χ3v) is 5.81. The largest absolute Gasteiger partial charge is 0.393 e. The molecule has 0 bridgehead atoms. The molecular weight excluding hydrogens is 292 g/mol. The molecule has 0 amide bonds. The summed E-state index contributed by atoms with van der Waals surface area (Å²) >= 11 is 1.80. The average Bonchev–Trinajstić information content (AvgIpc) is 3.16. The minimum atomic E-state index is -0.161. The molecule has 2 atom stereocenters. The van der Waals surface area contributed by atoms with Crippen LogP contribution in [0.25, 0.3) is 0 Å². The van der Waals surface area contributed by atoms with E-state index in [1.54, 1.807) is 11.3 Å². The van der Waals surface area contributed by atoms with Crippen molar-refractivity contribution in [2.45, 2.75) is 51.8 Å². The van der Waals surface area contributed by atoms with E-state index < -0.39 is 0 Å².